The molecular weight excluding hydrogens is 591 g/mol. The van der Waals surface area contributed by atoms with E-state index in [0.717, 1.165) is 23.7 Å². The molecule has 2 bridgehead atoms. The van der Waals surface area contributed by atoms with E-state index in [4.69, 9.17) is 0 Å². The van der Waals surface area contributed by atoms with Gasteiger partial charge in [0.25, 0.3) is 0 Å². The largest absolute Gasteiger partial charge is 0.310 e. The fourth-order valence-corrected chi connectivity index (χ4v) is 13.1. The van der Waals surface area contributed by atoms with Crippen LogP contribution in [0.3, 0.4) is 0 Å². The zero-order valence-electron chi connectivity index (χ0n) is 29.5. The molecule has 0 amide bonds. The Labute approximate surface area is 292 Å². The molecule has 5 aromatic carbocycles. The molecule has 0 saturated heterocycles. The van der Waals surface area contributed by atoms with Gasteiger partial charge in [0.05, 0.1) is 5.69 Å². The zero-order valence-corrected chi connectivity index (χ0v) is 29.5. The van der Waals surface area contributed by atoms with Crippen molar-refractivity contribution in [2.45, 2.75) is 82.5 Å². The fourth-order valence-electron chi connectivity index (χ4n) is 13.1. The Morgan fingerprint density at radius 2 is 1.24 bits per heavy atom. The lowest BCUT2D eigenvalue weighted by Crippen LogP contribution is -2.73. The highest BCUT2D eigenvalue weighted by Crippen LogP contribution is 2.89. The van der Waals surface area contributed by atoms with Crippen LogP contribution in [-0.2, 0) is 16.2 Å². The van der Waals surface area contributed by atoms with Crippen LogP contribution in [-0.4, -0.2) is 0 Å². The molecule has 5 aromatic rings. The van der Waals surface area contributed by atoms with Gasteiger partial charge in [-0.05, 0) is 148 Å². The van der Waals surface area contributed by atoms with Crippen molar-refractivity contribution in [3.63, 3.8) is 0 Å². The monoisotopic (exact) mass is 637 g/mol. The van der Waals surface area contributed by atoms with Gasteiger partial charge in [-0.3, -0.25) is 0 Å². The molecule has 6 unspecified atom stereocenters. The molecule has 11 rings (SSSR count). The van der Waals surface area contributed by atoms with Gasteiger partial charge in [-0.1, -0.05) is 113 Å². The van der Waals surface area contributed by atoms with Crippen molar-refractivity contribution >= 4 is 17.1 Å². The van der Waals surface area contributed by atoms with Gasteiger partial charge in [0.1, 0.15) is 0 Å². The van der Waals surface area contributed by atoms with Gasteiger partial charge < -0.3 is 4.90 Å². The quantitative estimate of drug-likeness (QED) is 0.189. The van der Waals surface area contributed by atoms with Crippen LogP contribution in [0.5, 0.6) is 0 Å². The van der Waals surface area contributed by atoms with Gasteiger partial charge in [-0.2, -0.15) is 0 Å². The Bertz CT molecular complexity index is 2190. The van der Waals surface area contributed by atoms with Crippen molar-refractivity contribution in [3.8, 4) is 22.3 Å². The summed E-state index contributed by atoms with van der Waals surface area (Å²) < 4.78 is 0. The number of nitrogens with zero attached hydrogens (tertiary/aromatic N) is 1. The van der Waals surface area contributed by atoms with Crippen LogP contribution in [0.25, 0.3) is 22.3 Å². The molecule has 1 nitrogen and oxygen atoms in total. The SMILES string of the molecule is CC1(C)CCC(C)(C)c2cc(N(c3cccc(-c4ccccc4)c3)c3cccc4c3-c3ccccc3C43C4CC5CC6CC3C64C5)ccc21. The summed E-state index contributed by atoms with van der Waals surface area (Å²) in [5, 5.41) is 0. The minimum atomic E-state index is 0.135. The summed E-state index contributed by atoms with van der Waals surface area (Å²) in [7, 11) is 0. The van der Waals surface area contributed by atoms with Crippen molar-refractivity contribution in [2.75, 3.05) is 4.90 Å². The van der Waals surface area contributed by atoms with Crippen molar-refractivity contribution in [2.24, 2.45) is 29.1 Å². The van der Waals surface area contributed by atoms with Gasteiger partial charge >= 0.3 is 0 Å². The molecular formula is C48H47N. The van der Waals surface area contributed by atoms with E-state index in [-0.39, 0.29) is 16.2 Å². The van der Waals surface area contributed by atoms with Crippen molar-refractivity contribution < 1.29 is 0 Å². The van der Waals surface area contributed by atoms with E-state index >= 15 is 0 Å². The fraction of sp³-hybridized carbons (Fsp3) is 0.375. The van der Waals surface area contributed by atoms with E-state index < -0.39 is 0 Å². The van der Waals surface area contributed by atoms with Gasteiger partial charge in [0.2, 0.25) is 0 Å². The molecule has 0 heterocycles. The molecule has 4 fully saturated rings. The lowest BCUT2D eigenvalue weighted by atomic mass is 9.27. The Kier molecular flexibility index (Phi) is 5.49. The number of hydrogen-bond acceptors (Lipinski definition) is 1. The van der Waals surface area contributed by atoms with Gasteiger partial charge in [-0.25, -0.2) is 0 Å². The maximum atomic E-state index is 2.62. The molecule has 0 aromatic heterocycles. The zero-order chi connectivity index (χ0) is 32.9. The second-order valence-corrected chi connectivity index (χ2v) is 18.1. The third-order valence-corrected chi connectivity index (χ3v) is 15.2. The first-order valence-corrected chi connectivity index (χ1v) is 19.1. The predicted octanol–water partition coefficient (Wildman–Crippen LogP) is 12.5. The predicted molar refractivity (Wildman–Crippen MR) is 203 cm³/mol. The second-order valence-electron chi connectivity index (χ2n) is 18.1. The van der Waals surface area contributed by atoms with Crippen LogP contribution in [0.1, 0.15) is 88.5 Å². The van der Waals surface area contributed by atoms with E-state index in [9.17, 15) is 0 Å². The minimum absolute atomic E-state index is 0.135. The average molecular weight is 638 g/mol. The first kappa shape index (κ1) is 28.7. The molecule has 0 radical (unpaired) electrons. The average Bonchev–Trinajstić information content (AvgIpc) is 3.75. The Morgan fingerprint density at radius 3 is 2.08 bits per heavy atom. The highest BCUT2D eigenvalue weighted by molar-refractivity contribution is 5.96. The number of benzene rings is 5. The topological polar surface area (TPSA) is 3.24 Å². The molecule has 244 valence electrons. The lowest BCUT2D eigenvalue weighted by Gasteiger charge is -2.76. The normalized spacial score (nSPS) is 31.3. The summed E-state index contributed by atoms with van der Waals surface area (Å²) in [5.74, 6) is 3.56. The molecule has 2 spiro atoms. The van der Waals surface area contributed by atoms with Crippen LogP contribution in [0, 0.1) is 29.1 Å². The van der Waals surface area contributed by atoms with E-state index in [1.165, 1.54) is 89.0 Å². The van der Waals surface area contributed by atoms with Crippen LogP contribution in [0.4, 0.5) is 17.1 Å². The maximum Gasteiger partial charge on any atom is 0.0543 e. The second kappa shape index (κ2) is 9.36. The number of hydrogen-bond donors (Lipinski definition) is 0. The van der Waals surface area contributed by atoms with Crippen molar-refractivity contribution in [1.29, 1.82) is 0 Å². The summed E-state index contributed by atoms with van der Waals surface area (Å²) in [5.41, 5.74) is 16.8. The van der Waals surface area contributed by atoms with Gasteiger partial charge in [0, 0.05) is 22.4 Å². The molecule has 6 atom stereocenters. The Hall–Kier alpha value is -4.10. The minimum Gasteiger partial charge on any atom is -0.310 e. The van der Waals surface area contributed by atoms with E-state index in [0.29, 0.717) is 5.41 Å². The third kappa shape index (κ3) is 3.43. The molecule has 6 aliphatic carbocycles. The van der Waals surface area contributed by atoms with E-state index in [1.54, 1.807) is 11.1 Å². The summed E-state index contributed by atoms with van der Waals surface area (Å²) in [6.45, 7) is 9.79. The summed E-state index contributed by atoms with van der Waals surface area (Å²) >= 11 is 0. The van der Waals surface area contributed by atoms with E-state index in [2.05, 4.69) is 148 Å². The standard InChI is InChI=1S/C48H47N/c1-45(2)22-23-46(3,4)40-28-35(20-21-38(40)45)49(34-15-10-14-32(26-34)31-12-6-5-7-13-31)41-19-11-18-39-44(41)36-16-8-9-17-37(36)48(39)42-25-30-24-33-27-43(48)47(33,42)29-30/h5-21,26,28,30,33,42-43H,22-25,27,29H2,1-4H3. The van der Waals surface area contributed by atoms with Crippen LogP contribution < -0.4 is 4.90 Å². The molecule has 0 N–H and O–H groups in total. The number of rotatable bonds is 4. The molecule has 6 aliphatic rings. The summed E-state index contributed by atoms with van der Waals surface area (Å²) in [4.78, 5) is 2.62. The lowest BCUT2D eigenvalue weighted by molar-refractivity contribution is -0.231. The maximum absolute atomic E-state index is 2.62. The Balaban J connectivity index is 1.16. The van der Waals surface area contributed by atoms with Crippen LogP contribution in [0.2, 0.25) is 0 Å². The molecule has 1 heteroatoms. The third-order valence-electron chi connectivity index (χ3n) is 15.2. The molecule has 0 aliphatic heterocycles. The van der Waals surface area contributed by atoms with Crippen LogP contribution in [0.15, 0.2) is 115 Å². The molecule has 49 heavy (non-hydrogen) atoms. The van der Waals surface area contributed by atoms with E-state index in [1.807, 2.05) is 0 Å². The highest BCUT2D eigenvalue weighted by atomic mass is 15.1. The first-order chi connectivity index (χ1) is 23.7. The smallest absolute Gasteiger partial charge is 0.0543 e. The van der Waals surface area contributed by atoms with Crippen molar-refractivity contribution in [3.05, 3.63) is 138 Å². The first-order valence-electron chi connectivity index (χ1n) is 19.1. The van der Waals surface area contributed by atoms with Crippen LogP contribution >= 0.6 is 0 Å². The summed E-state index contributed by atoms with van der Waals surface area (Å²) in [6.07, 6.45) is 8.32. The van der Waals surface area contributed by atoms with Gasteiger partial charge in [0.15, 0.2) is 0 Å². The number of anilines is 3. The highest BCUT2D eigenvalue weighted by Gasteiger charge is 2.84. The summed E-state index contributed by atoms with van der Waals surface area (Å²) in [6, 6.07) is 44.6. The number of fused-ring (bicyclic) bond motifs is 9. The Morgan fingerprint density at radius 1 is 0.551 bits per heavy atom. The van der Waals surface area contributed by atoms with Crippen molar-refractivity contribution in [1.82, 2.24) is 0 Å². The molecule has 4 saturated carbocycles. The van der Waals surface area contributed by atoms with Gasteiger partial charge in [-0.15, -0.1) is 0 Å².